The molecule has 0 fully saturated rings. The minimum absolute atomic E-state index is 0.115. The quantitative estimate of drug-likeness (QED) is 0.716. The fourth-order valence-electron chi connectivity index (χ4n) is 1.95. The van der Waals surface area contributed by atoms with E-state index in [4.69, 9.17) is 11.6 Å². The number of fused-ring (bicyclic) bond motifs is 1. The maximum absolute atomic E-state index is 13.6. The van der Waals surface area contributed by atoms with Crippen molar-refractivity contribution in [2.75, 3.05) is 4.72 Å². The van der Waals surface area contributed by atoms with Gasteiger partial charge in [0.15, 0.2) is 0 Å². The van der Waals surface area contributed by atoms with Crippen molar-refractivity contribution in [3.05, 3.63) is 53.3 Å². The predicted molar refractivity (Wildman–Crippen MR) is 78.3 cm³/mol. The number of sulfonamides is 1. The molecule has 114 valence electrons. The zero-order chi connectivity index (χ0) is 15.9. The van der Waals surface area contributed by atoms with Crippen LogP contribution in [0.15, 0.2) is 41.4 Å². The van der Waals surface area contributed by atoms with Gasteiger partial charge in [-0.05, 0) is 24.3 Å². The smallest absolute Gasteiger partial charge is 0.264 e. The van der Waals surface area contributed by atoms with Gasteiger partial charge in [-0.15, -0.1) is 0 Å². The lowest BCUT2D eigenvalue weighted by Gasteiger charge is -2.08. The Hall–Kier alpha value is -2.19. The van der Waals surface area contributed by atoms with Crippen LogP contribution in [-0.2, 0) is 10.0 Å². The molecule has 5 nitrogen and oxygen atoms in total. The van der Waals surface area contributed by atoms with Gasteiger partial charge in [-0.25, -0.2) is 22.2 Å². The molecule has 0 aliphatic rings. The SMILES string of the molecule is O=S(=O)(Nc1ccc(F)cc1F)c1c[nH]c2nc(Cl)ccc12. The molecule has 9 heteroatoms. The lowest BCUT2D eigenvalue weighted by Crippen LogP contribution is -2.13. The largest absolute Gasteiger partial charge is 0.345 e. The minimum atomic E-state index is -4.07. The standard InChI is InChI=1S/C13H8ClF2N3O2S/c14-12-4-2-8-11(6-17-13(8)18-12)22(20,21)19-10-3-1-7(15)5-9(10)16/h1-6,19H,(H,17,18). The number of benzene rings is 1. The third kappa shape index (κ3) is 2.62. The Labute approximate surface area is 129 Å². The fraction of sp³-hybridized carbons (Fsp3) is 0. The second-order valence-corrected chi connectivity index (χ2v) is 6.45. The van der Waals surface area contributed by atoms with Crippen LogP contribution in [0.2, 0.25) is 5.15 Å². The molecule has 0 saturated heterocycles. The summed E-state index contributed by atoms with van der Waals surface area (Å²) in [6.45, 7) is 0. The summed E-state index contributed by atoms with van der Waals surface area (Å²) in [5.41, 5.74) is -0.0647. The van der Waals surface area contributed by atoms with Gasteiger partial charge in [0.1, 0.15) is 27.3 Å². The van der Waals surface area contributed by atoms with Crippen molar-refractivity contribution in [3.8, 4) is 0 Å². The van der Waals surface area contributed by atoms with E-state index in [1.165, 1.54) is 18.3 Å². The number of hydrogen-bond acceptors (Lipinski definition) is 3. The second-order valence-electron chi connectivity index (χ2n) is 4.41. The Morgan fingerprint density at radius 3 is 2.68 bits per heavy atom. The molecule has 0 aliphatic carbocycles. The molecule has 0 spiro atoms. The average molecular weight is 344 g/mol. The van der Waals surface area contributed by atoms with Crippen molar-refractivity contribution in [2.24, 2.45) is 0 Å². The number of nitrogens with one attached hydrogen (secondary N) is 2. The average Bonchev–Trinajstić information content (AvgIpc) is 2.85. The van der Waals surface area contributed by atoms with Gasteiger partial charge in [-0.2, -0.15) is 0 Å². The lowest BCUT2D eigenvalue weighted by molar-refractivity contribution is 0.583. The molecule has 1 aromatic carbocycles. The van der Waals surface area contributed by atoms with Gasteiger partial charge in [0.2, 0.25) is 0 Å². The third-order valence-electron chi connectivity index (χ3n) is 2.93. The summed E-state index contributed by atoms with van der Waals surface area (Å²) >= 11 is 5.73. The van der Waals surface area contributed by atoms with Crippen LogP contribution in [0.4, 0.5) is 14.5 Å². The molecule has 3 rings (SSSR count). The maximum Gasteiger partial charge on any atom is 0.264 e. The molecular weight excluding hydrogens is 336 g/mol. The molecule has 22 heavy (non-hydrogen) atoms. The first kappa shape index (κ1) is 14.7. The van der Waals surface area contributed by atoms with Gasteiger partial charge in [-0.1, -0.05) is 11.6 Å². The van der Waals surface area contributed by atoms with Crippen molar-refractivity contribution in [3.63, 3.8) is 0 Å². The molecule has 2 aromatic heterocycles. The first-order valence-corrected chi connectivity index (χ1v) is 7.84. The lowest BCUT2D eigenvalue weighted by atomic mass is 10.3. The van der Waals surface area contributed by atoms with Crippen LogP contribution >= 0.6 is 11.6 Å². The Bertz CT molecular complexity index is 973. The van der Waals surface area contributed by atoms with E-state index in [0.717, 1.165) is 12.1 Å². The highest BCUT2D eigenvalue weighted by molar-refractivity contribution is 7.93. The van der Waals surface area contributed by atoms with Gasteiger partial charge >= 0.3 is 0 Å². The number of anilines is 1. The first-order valence-electron chi connectivity index (χ1n) is 5.98. The number of halogens is 3. The van der Waals surface area contributed by atoms with Crippen molar-refractivity contribution in [1.29, 1.82) is 0 Å². The summed E-state index contributed by atoms with van der Waals surface area (Å²) in [6.07, 6.45) is 1.22. The van der Waals surface area contributed by atoms with Gasteiger partial charge in [0, 0.05) is 17.6 Å². The van der Waals surface area contributed by atoms with Crippen LogP contribution < -0.4 is 4.72 Å². The number of pyridine rings is 1. The highest BCUT2D eigenvalue weighted by Gasteiger charge is 2.21. The molecular formula is C13H8ClF2N3O2S. The monoisotopic (exact) mass is 343 g/mol. The normalized spacial score (nSPS) is 11.8. The van der Waals surface area contributed by atoms with Crippen molar-refractivity contribution < 1.29 is 17.2 Å². The highest BCUT2D eigenvalue weighted by Crippen LogP contribution is 2.26. The molecule has 0 radical (unpaired) electrons. The number of hydrogen-bond donors (Lipinski definition) is 2. The molecule has 0 aliphatic heterocycles. The van der Waals surface area contributed by atoms with E-state index in [-0.39, 0.29) is 21.4 Å². The molecule has 0 unspecified atom stereocenters. The number of H-pyrrole nitrogens is 1. The Morgan fingerprint density at radius 2 is 1.95 bits per heavy atom. The number of aromatic amines is 1. The zero-order valence-electron chi connectivity index (χ0n) is 10.8. The Morgan fingerprint density at radius 1 is 1.18 bits per heavy atom. The van der Waals surface area contributed by atoms with E-state index >= 15 is 0 Å². The van der Waals surface area contributed by atoms with Crippen molar-refractivity contribution in [2.45, 2.75) is 4.90 Å². The van der Waals surface area contributed by atoms with E-state index in [2.05, 4.69) is 14.7 Å². The highest BCUT2D eigenvalue weighted by atomic mass is 35.5. The Kier molecular flexibility index (Phi) is 3.50. The molecule has 2 heterocycles. The molecule has 3 aromatic rings. The van der Waals surface area contributed by atoms with Crippen LogP contribution in [0.5, 0.6) is 0 Å². The van der Waals surface area contributed by atoms with Gasteiger partial charge < -0.3 is 4.98 Å². The summed E-state index contributed by atoms with van der Waals surface area (Å²) < 4.78 is 53.2. The maximum atomic E-state index is 13.6. The van der Waals surface area contributed by atoms with E-state index in [0.29, 0.717) is 11.5 Å². The topological polar surface area (TPSA) is 74.8 Å². The van der Waals surface area contributed by atoms with Crippen LogP contribution in [-0.4, -0.2) is 18.4 Å². The summed E-state index contributed by atoms with van der Waals surface area (Å²) in [7, 11) is -4.07. The van der Waals surface area contributed by atoms with Crippen molar-refractivity contribution >= 4 is 38.3 Å². The first-order chi connectivity index (χ1) is 10.4. The zero-order valence-corrected chi connectivity index (χ0v) is 12.3. The van der Waals surface area contributed by atoms with Crippen molar-refractivity contribution in [1.82, 2.24) is 9.97 Å². The summed E-state index contributed by atoms with van der Waals surface area (Å²) in [5, 5.41) is 0.509. The summed E-state index contributed by atoms with van der Waals surface area (Å²) in [5.74, 6) is -1.81. The molecule has 0 atom stereocenters. The van der Waals surface area contributed by atoms with Crippen LogP contribution in [0.3, 0.4) is 0 Å². The molecule has 0 amide bonds. The number of nitrogens with zero attached hydrogens (tertiary/aromatic N) is 1. The van der Waals surface area contributed by atoms with E-state index in [1.807, 2.05) is 0 Å². The van der Waals surface area contributed by atoms with E-state index in [1.54, 1.807) is 0 Å². The van der Waals surface area contributed by atoms with E-state index in [9.17, 15) is 17.2 Å². The molecule has 2 N–H and O–H groups in total. The predicted octanol–water partition coefficient (Wildman–Crippen LogP) is 3.30. The van der Waals surface area contributed by atoms with Gasteiger partial charge in [-0.3, -0.25) is 4.72 Å². The van der Waals surface area contributed by atoms with Crippen LogP contribution in [0.1, 0.15) is 0 Å². The minimum Gasteiger partial charge on any atom is -0.345 e. The summed E-state index contributed by atoms with van der Waals surface area (Å²) in [4.78, 5) is 6.50. The fourth-order valence-corrected chi connectivity index (χ4v) is 3.33. The van der Waals surface area contributed by atoms with Gasteiger partial charge in [0.05, 0.1) is 5.69 Å². The third-order valence-corrected chi connectivity index (χ3v) is 4.55. The summed E-state index contributed by atoms with van der Waals surface area (Å²) in [6, 6.07) is 5.48. The second kappa shape index (κ2) is 5.22. The van der Waals surface area contributed by atoms with Crippen LogP contribution in [0, 0.1) is 11.6 Å². The number of aromatic nitrogens is 2. The Balaban J connectivity index is 2.05. The number of rotatable bonds is 3. The van der Waals surface area contributed by atoms with Crippen LogP contribution in [0.25, 0.3) is 11.0 Å². The molecule has 0 bridgehead atoms. The molecule has 0 saturated carbocycles. The van der Waals surface area contributed by atoms with E-state index < -0.39 is 21.7 Å². The van der Waals surface area contributed by atoms with Gasteiger partial charge in [0.25, 0.3) is 10.0 Å².